The molecule has 0 aromatic heterocycles. The molecule has 102 valence electrons. The van der Waals surface area contributed by atoms with Gasteiger partial charge in [-0.15, -0.1) is 6.58 Å². The van der Waals surface area contributed by atoms with Gasteiger partial charge in [0, 0.05) is 24.6 Å². The highest BCUT2D eigenvalue weighted by Crippen LogP contribution is 2.28. The summed E-state index contributed by atoms with van der Waals surface area (Å²) in [7, 11) is 0. The van der Waals surface area contributed by atoms with Crippen molar-refractivity contribution in [3.8, 4) is 5.75 Å². The molecule has 19 heavy (non-hydrogen) atoms. The minimum Gasteiger partial charge on any atom is -0.488 e. The molecule has 1 aliphatic heterocycles. The van der Waals surface area contributed by atoms with Crippen LogP contribution in [0.5, 0.6) is 5.75 Å². The van der Waals surface area contributed by atoms with Crippen LogP contribution in [0.3, 0.4) is 0 Å². The molecule has 0 radical (unpaired) electrons. The van der Waals surface area contributed by atoms with Gasteiger partial charge in [-0.1, -0.05) is 6.08 Å². The zero-order chi connectivity index (χ0) is 14.0. The predicted octanol–water partition coefficient (Wildman–Crippen LogP) is 3.40. The standard InChI is InChI=1S/C16H21NO2/c1-5-12-10-15(18)17(11-12)13-6-8-14(9-7-13)19-16(2,3)4/h5-9,12H,1,10-11H2,2-4H3. The van der Waals surface area contributed by atoms with Gasteiger partial charge in [-0.25, -0.2) is 0 Å². The summed E-state index contributed by atoms with van der Waals surface area (Å²) in [5.41, 5.74) is 0.717. The maximum atomic E-state index is 11.9. The van der Waals surface area contributed by atoms with E-state index >= 15 is 0 Å². The summed E-state index contributed by atoms with van der Waals surface area (Å²) in [5.74, 6) is 1.25. The Balaban J connectivity index is 2.11. The molecule has 3 heteroatoms. The molecule has 0 aliphatic carbocycles. The molecular formula is C16H21NO2. The van der Waals surface area contributed by atoms with Gasteiger partial charge in [0.25, 0.3) is 0 Å². The monoisotopic (exact) mass is 259 g/mol. The number of nitrogens with zero attached hydrogens (tertiary/aromatic N) is 1. The van der Waals surface area contributed by atoms with Crippen molar-refractivity contribution in [1.29, 1.82) is 0 Å². The van der Waals surface area contributed by atoms with Crippen molar-refractivity contribution in [1.82, 2.24) is 0 Å². The zero-order valence-corrected chi connectivity index (χ0v) is 11.8. The number of rotatable bonds is 3. The third-order valence-corrected chi connectivity index (χ3v) is 3.06. The highest BCUT2D eigenvalue weighted by molar-refractivity contribution is 5.96. The first-order valence-corrected chi connectivity index (χ1v) is 6.61. The minimum atomic E-state index is -0.209. The molecule has 1 aromatic rings. The molecule has 0 spiro atoms. The van der Waals surface area contributed by atoms with Gasteiger partial charge in [-0.2, -0.15) is 0 Å². The van der Waals surface area contributed by atoms with Crippen LogP contribution in [-0.2, 0) is 4.79 Å². The quantitative estimate of drug-likeness (QED) is 0.779. The van der Waals surface area contributed by atoms with Crippen LogP contribution in [0.15, 0.2) is 36.9 Å². The Hall–Kier alpha value is -1.77. The third kappa shape index (κ3) is 3.37. The van der Waals surface area contributed by atoms with Gasteiger partial charge < -0.3 is 9.64 Å². The van der Waals surface area contributed by atoms with Crippen LogP contribution in [0, 0.1) is 5.92 Å². The number of ether oxygens (including phenoxy) is 1. The summed E-state index contributed by atoms with van der Waals surface area (Å²) in [5, 5.41) is 0. The molecule has 1 aromatic carbocycles. The molecule has 0 saturated carbocycles. The fourth-order valence-electron chi connectivity index (χ4n) is 2.19. The first kappa shape index (κ1) is 13.7. The second kappa shape index (κ2) is 5.08. The smallest absolute Gasteiger partial charge is 0.227 e. The summed E-state index contributed by atoms with van der Waals surface area (Å²) in [4.78, 5) is 13.7. The topological polar surface area (TPSA) is 29.5 Å². The van der Waals surface area contributed by atoms with Gasteiger partial charge in [0.05, 0.1) is 0 Å². The average Bonchev–Trinajstić information content (AvgIpc) is 2.70. The van der Waals surface area contributed by atoms with Crippen LogP contribution in [0.2, 0.25) is 0 Å². The Bertz CT molecular complexity index is 471. The lowest BCUT2D eigenvalue weighted by Gasteiger charge is -2.22. The zero-order valence-electron chi connectivity index (χ0n) is 11.8. The minimum absolute atomic E-state index is 0.161. The molecule has 0 bridgehead atoms. The molecule has 1 amide bonds. The van der Waals surface area contributed by atoms with Gasteiger partial charge in [0.2, 0.25) is 5.91 Å². The fourth-order valence-corrected chi connectivity index (χ4v) is 2.19. The Morgan fingerprint density at radius 3 is 2.42 bits per heavy atom. The van der Waals surface area contributed by atoms with E-state index in [9.17, 15) is 4.79 Å². The van der Waals surface area contributed by atoms with Crippen molar-refractivity contribution in [2.24, 2.45) is 5.92 Å². The van der Waals surface area contributed by atoms with Crippen LogP contribution >= 0.6 is 0 Å². The lowest BCUT2D eigenvalue weighted by atomic mass is 10.1. The number of carbonyl (C=O) groups excluding carboxylic acids is 1. The van der Waals surface area contributed by atoms with Crippen molar-refractivity contribution in [2.45, 2.75) is 32.8 Å². The van der Waals surface area contributed by atoms with Crippen LogP contribution < -0.4 is 9.64 Å². The highest BCUT2D eigenvalue weighted by atomic mass is 16.5. The van der Waals surface area contributed by atoms with Crippen LogP contribution in [-0.4, -0.2) is 18.1 Å². The molecule has 3 nitrogen and oxygen atoms in total. The van der Waals surface area contributed by atoms with E-state index in [0.29, 0.717) is 6.42 Å². The van der Waals surface area contributed by atoms with E-state index in [1.807, 2.05) is 56.0 Å². The largest absolute Gasteiger partial charge is 0.488 e. The molecule has 1 unspecified atom stereocenters. The maximum absolute atomic E-state index is 11.9. The van der Waals surface area contributed by atoms with Crippen molar-refractivity contribution in [3.05, 3.63) is 36.9 Å². The molecule has 2 rings (SSSR count). The number of carbonyl (C=O) groups is 1. The maximum Gasteiger partial charge on any atom is 0.227 e. The van der Waals surface area contributed by atoms with Crippen molar-refractivity contribution in [2.75, 3.05) is 11.4 Å². The van der Waals surface area contributed by atoms with Crippen molar-refractivity contribution in [3.63, 3.8) is 0 Å². The van der Waals surface area contributed by atoms with Gasteiger partial charge in [0.15, 0.2) is 0 Å². The lowest BCUT2D eigenvalue weighted by molar-refractivity contribution is -0.117. The predicted molar refractivity (Wildman–Crippen MR) is 77.5 cm³/mol. The fraction of sp³-hybridized carbons (Fsp3) is 0.438. The lowest BCUT2D eigenvalue weighted by Crippen LogP contribution is -2.25. The van der Waals surface area contributed by atoms with E-state index in [-0.39, 0.29) is 17.4 Å². The third-order valence-electron chi connectivity index (χ3n) is 3.06. The number of benzene rings is 1. The van der Waals surface area contributed by atoms with Gasteiger partial charge in [-0.05, 0) is 45.0 Å². The first-order chi connectivity index (χ1) is 8.89. The van der Waals surface area contributed by atoms with E-state index in [4.69, 9.17) is 4.74 Å². The Kier molecular flexibility index (Phi) is 3.65. The van der Waals surface area contributed by atoms with Crippen molar-refractivity contribution < 1.29 is 9.53 Å². The molecule has 0 N–H and O–H groups in total. The van der Waals surface area contributed by atoms with Crippen molar-refractivity contribution >= 4 is 11.6 Å². The summed E-state index contributed by atoms with van der Waals surface area (Å²) in [6.45, 7) is 10.5. The molecule has 1 aliphatic rings. The summed E-state index contributed by atoms with van der Waals surface area (Å²) < 4.78 is 5.77. The van der Waals surface area contributed by atoms with E-state index < -0.39 is 0 Å². The number of amides is 1. The van der Waals surface area contributed by atoms with Gasteiger partial charge in [-0.3, -0.25) is 4.79 Å². The number of hydrogen-bond donors (Lipinski definition) is 0. The van der Waals surface area contributed by atoms with Gasteiger partial charge >= 0.3 is 0 Å². The number of hydrogen-bond acceptors (Lipinski definition) is 2. The second-order valence-corrected chi connectivity index (χ2v) is 5.91. The summed E-state index contributed by atoms with van der Waals surface area (Å²) in [6, 6.07) is 7.69. The van der Waals surface area contributed by atoms with Crippen LogP contribution in [0.1, 0.15) is 27.2 Å². The van der Waals surface area contributed by atoms with E-state index in [2.05, 4.69) is 6.58 Å². The molecule has 1 atom stereocenters. The number of anilines is 1. The summed E-state index contributed by atoms with van der Waals surface area (Å²) >= 11 is 0. The van der Waals surface area contributed by atoms with Crippen LogP contribution in [0.25, 0.3) is 0 Å². The second-order valence-electron chi connectivity index (χ2n) is 5.91. The average molecular weight is 259 g/mol. The Labute approximate surface area is 114 Å². The SMILES string of the molecule is C=CC1CC(=O)N(c2ccc(OC(C)(C)C)cc2)C1. The summed E-state index contributed by atoms with van der Waals surface area (Å²) in [6.07, 6.45) is 2.42. The molecule has 1 saturated heterocycles. The van der Waals surface area contributed by atoms with E-state index in [0.717, 1.165) is 18.0 Å². The molecule has 1 heterocycles. The van der Waals surface area contributed by atoms with Gasteiger partial charge in [0.1, 0.15) is 11.4 Å². The van der Waals surface area contributed by atoms with Crippen LogP contribution in [0.4, 0.5) is 5.69 Å². The normalized spacial score (nSPS) is 19.6. The highest BCUT2D eigenvalue weighted by Gasteiger charge is 2.28. The Morgan fingerprint density at radius 2 is 1.95 bits per heavy atom. The Morgan fingerprint density at radius 1 is 1.32 bits per heavy atom. The van der Waals surface area contributed by atoms with E-state index in [1.165, 1.54) is 0 Å². The molecular weight excluding hydrogens is 238 g/mol. The molecule has 1 fully saturated rings. The first-order valence-electron chi connectivity index (χ1n) is 6.61. The van der Waals surface area contributed by atoms with E-state index in [1.54, 1.807) is 0 Å².